The lowest BCUT2D eigenvalue weighted by molar-refractivity contribution is 0.335. The van der Waals surface area contributed by atoms with Gasteiger partial charge in [0.1, 0.15) is 0 Å². The van der Waals surface area contributed by atoms with E-state index in [2.05, 4.69) is 31.6 Å². The third kappa shape index (κ3) is 5.19. The maximum absolute atomic E-state index is 12.0. The molecule has 1 heterocycles. The van der Waals surface area contributed by atoms with Crippen molar-refractivity contribution in [2.75, 3.05) is 20.1 Å². The van der Waals surface area contributed by atoms with Crippen LogP contribution in [-0.4, -0.2) is 33.5 Å². The Morgan fingerprint density at radius 3 is 2.52 bits per heavy atom. The summed E-state index contributed by atoms with van der Waals surface area (Å²) >= 11 is 5.12. The molecule has 4 nitrogen and oxygen atoms in total. The number of hydrogen-bond donors (Lipinski definition) is 1. The minimum Gasteiger partial charge on any atom is -0.300 e. The zero-order chi connectivity index (χ0) is 15.3. The van der Waals surface area contributed by atoms with Gasteiger partial charge >= 0.3 is 0 Å². The molecule has 0 bridgehead atoms. The standard InChI is InChI=1S/C14H17BrN2O2S2/c1-17(11-12-7-8-14(15)20-12)10-9-16-21(18,19)13-5-3-2-4-6-13/h2-8,16H,9-11H2,1H3. The monoisotopic (exact) mass is 388 g/mol. The molecule has 1 N–H and O–H groups in total. The van der Waals surface area contributed by atoms with Crippen LogP contribution >= 0.6 is 27.3 Å². The molecule has 7 heteroatoms. The van der Waals surface area contributed by atoms with Crippen molar-refractivity contribution in [1.82, 2.24) is 9.62 Å². The fourth-order valence-electron chi connectivity index (χ4n) is 1.84. The Balaban J connectivity index is 1.81. The summed E-state index contributed by atoms with van der Waals surface area (Å²) in [6.07, 6.45) is 0. The highest BCUT2D eigenvalue weighted by molar-refractivity contribution is 9.11. The summed E-state index contributed by atoms with van der Waals surface area (Å²) in [7, 11) is -1.43. The van der Waals surface area contributed by atoms with E-state index in [1.54, 1.807) is 41.7 Å². The summed E-state index contributed by atoms with van der Waals surface area (Å²) in [5.41, 5.74) is 0. The predicted octanol–water partition coefficient (Wildman–Crippen LogP) is 2.92. The highest BCUT2D eigenvalue weighted by Crippen LogP contribution is 2.22. The van der Waals surface area contributed by atoms with Crippen LogP contribution in [0.2, 0.25) is 0 Å². The smallest absolute Gasteiger partial charge is 0.240 e. The number of nitrogens with zero attached hydrogens (tertiary/aromatic N) is 1. The minimum absolute atomic E-state index is 0.301. The second-order valence-corrected chi connectivity index (χ2v) is 8.97. The maximum atomic E-state index is 12.0. The van der Waals surface area contributed by atoms with E-state index in [0.29, 0.717) is 18.0 Å². The quantitative estimate of drug-likeness (QED) is 0.792. The molecule has 0 amide bonds. The highest BCUT2D eigenvalue weighted by Gasteiger charge is 2.12. The molecule has 0 aliphatic rings. The lowest BCUT2D eigenvalue weighted by Gasteiger charge is -2.16. The van der Waals surface area contributed by atoms with Crippen molar-refractivity contribution >= 4 is 37.3 Å². The van der Waals surface area contributed by atoms with Crippen molar-refractivity contribution in [2.24, 2.45) is 0 Å². The fourth-order valence-corrected chi connectivity index (χ4v) is 4.44. The van der Waals surface area contributed by atoms with Crippen LogP contribution in [0.25, 0.3) is 0 Å². The number of rotatable bonds is 7. The zero-order valence-corrected chi connectivity index (χ0v) is 14.8. The van der Waals surface area contributed by atoms with E-state index in [-0.39, 0.29) is 0 Å². The predicted molar refractivity (Wildman–Crippen MR) is 90.0 cm³/mol. The molecule has 0 fully saturated rings. The Labute approximate surface area is 138 Å². The average Bonchev–Trinajstić information content (AvgIpc) is 2.85. The number of thiophene rings is 1. The molecule has 0 saturated carbocycles. The van der Waals surface area contributed by atoms with Gasteiger partial charge in [0.2, 0.25) is 10.0 Å². The van der Waals surface area contributed by atoms with Gasteiger partial charge in [-0.25, -0.2) is 13.1 Å². The largest absolute Gasteiger partial charge is 0.300 e. The van der Waals surface area contributed by atoms with Crippen LogP contribution < -0.4 is 4.72 Å². The van der Waals surface area contributed by atoms with E-state index in [0.717, 1.165) is 10.3 Å². The number of benzene rings is 1. The van der Waals surface area contributed by atoms with Crippen molar-refractivity contribution in [3.8, 4) is 0 Å². The Morgan fingerprint density at radius 2 is 1.90 bits per heavy atom. The maximum Gasteiger partial charge on any atom is 0.240 e. The van der Waals surface area contributed by atoms with E-state index in [9.17, 15) is 8.42 Å². The van der Waals surface area contributed by atoms with Crippen LogP contribution in [0.15, 0.2) is 51.1 Å². The summed E-state index contributed by atoms with van der Waals surface area (Å²) < 4.78 is 27.8. The first-order valence-corrected chi connectivity index (χ1v) is 9.54. The molecular weight excluding hydrogens is 372 g/mol. The van der Waals surface area contributed by atoms with Gasteiger partial charge in [-0.3, -0.25) is 4.90 Å². The van der Waals surface area contributed by atoms with Crippen molar-refractivity contribution in [2.45, 2.75) is 11.4 Å². The van der Waals surface area contributed by atoms with E-state index >= 15 is 0 Å². The second-order valence-electron chi connectivity index (χ2n) is 4.65. The van der Waals surface area contributed by atoms with Gasteiger partial charge in [-0.2, -0.15) is 0 Å². The van der Waals surface area contributed by atoms with Gasteiger partial charge in [-0.15, -0.1) is 11.3 Å². The lowest BCUT2D eigenvalue weighted by atomic mass is 10.4. The molecule has 0 aliphatic heterocycles. The summed E-state index contributed by atoms with van der Waals surface area (Å²) in [4.78, 5) is 3.64. The van der Waals surface area contributed by atoms with E-state index < -0.39 is 10.0 Å². The number of likely N-dealkylation sites (N-methyl/N-ethyl adjacent to an activating group) is 1. The molecule has 0 aliphatic carbocycles. The molecule has 2 rings (SSSR count). The normalized spacial score (nSPS) is 12.0. The molecule has 114 valence electrons. The van der Waals surface area contributed by atoms with Crippen LogP contribution in [0.4, 0.5) is 0 Å². The molecule has 1 aromatic carbocycles. The molecule has 1 aromatic heterocycles. The molecule has 21 heavy (non-hydrogen) atoms. The van der Waals surface area contributed by atoms with Gasteiger partial charge in [0.15, 0.2) is 0 Å². The molecule has 0 atom stereocenters. The molecule has 0 unspecified atom stereocenters. The van der Waals surface area contributed by atoms with Gasteiger partial charge in [-0.1, -0.05) is 18.2 Å². The van der Waals surface area contributed by atoms with Crippen LogP contribution in [0.5, 0.6) is 0 Å². The Hall–Kier alpha value is -0.730. The summed E-state index contributed by atoms with van der Waals surface area (Å²) in [6, 6.07) is 12.5. The molecule has 0 saturated heterocycles. The second kappa shape index (κ2) is 7.51. The molecule has 2 aromatic rings. The topological polar surface area (TPSA) is 49.4 Å². The summed E-state index contributed by atoms with van der Waals surface area (Å²) in [5.74, 6) is 0. The number of nitrogens with one attached hydrogen (secondary N) is 1. The van der Waals surface area contributed by atoms with Crippen LogP contribution in [0, 0.1) is 0 Å². The fraction of sp³-hybridized carbons (Fsp3) is 0.286. The Bertz CT molecular complexity index is 671. The van der Waals surface area contributed by atoms with E-state index in [1.807, 2.05) is 13.1 Å². The number of hydrogen-bond acceptors (Lipinski definition) is 4. The molecule has 0 radical (unpaired) electrons. The molecule has 0 spiro atoms. The van der Waals surface area contributed by atoms with Crippen LogP contribution in [-0.2, 0) is 16.6 Å². The SMILES string of the molecule is CN(CCNS(=O)(=O)c1ccccc1)Cc1ccc(Br)s1. The first-order chi connectivity index (χ1) is 9.97. The average molecular weight is 389 g/mol. The summed E-state index contributed by atoms with van der Waals surface area (Å²) in [5, 5.41) is 0. The summed E-state index contributed by atoms with van der Waals surface area (Å²) in [6.45, 7) is 1.85. The van der Waals surface area contributed by atoms with E-state index in [4.69, 9.17) is 0 Å². The van der Waals surface area contributed by atoms with Gasteiger partial charge < -0.3 is 0 Å². The molecular formula is C14H17BrN2O2S2. The number of sulfonamides is 1. The van der Waals surface area contributed by atoms with Crippen molar-refractivity contribution < 1.29 is 8.42 Å². The third-order valence-electron chi connectivity index (χ3n) is 2.89. The van der Waals surface area contributed by atoms with Crippen molar-refractivity contribution in [3.63, 3.8) is 0 Å². The lowest BCUT2D eigenvalue weighted by Crippen LogP contribution is -2.32. The van der Waals surface area contributed by atoms with E-state index in [1.165, 1.54) is 4.88 Å². The van der Waals surface area contributed by atoms with Crippen LogP contribution in [0.1, 0.15) is 4.88 Å². The highest BCUT2D eigenvalue weighted by atomic mass is 79.9. The third-order valence-corrected chi connectivity index (χ3v) is 5.98. The van der Waals surface area contributed by atoms with Gasteiger partial charge in [0.25, 0.3) is 0 Å². The van der Waals surface area contributed by atoms with Gasteiger partial charge in [0.05, 0.1) is 8.68 Å². The van der Waals surface area contributed by atoms with Gasteiger partial charge in [0, 0.05) is 24.5 Å². The first-order valence-electron chi connectivity index (χ1n) is 6.45. The van der Waals surface area contributed by atoms with Crippen molar-refractivity contribution in [3.05, 3.63) is 51.1 Å². The number of halogens is 1. The minimum atomic E-state index is -3.41. The zero-order valence-electron chi connectivity index (χ0n) is 11.6. The first kappa shape index (κ1) is 16.6. The Morgan fingerprint density at radius 1 is 1.19 bits per heavy atom. The van der Waals surface area contributed by atoms with Crippen molar-refractivity contribution in [1.29, 1.82) is 0 Å². The Kier molecular flexibility index (Phi) is 5.95. The van der Waals surface area contributed by atoms with Crippen LogP contribution in [0.3, 0.4) is 0 Å². The van der Waals surface area contributed by atoms with Gasteiger partial charge in [-0.05, 0) is 47.2 Å².